The zero-order valence-corrected chi connectivity index (χ0v) is 14.0. The average Bonchev–Trinajstić information content (AvgIpc) is 3.07. The highest BCUT2D eigenvalue weighted by Gasteiger charge is 2.30. The summed E-state index contributed by atoms with van der Waals surface area (Å²) in [4.78, 5) is 14.3. The van der Waals surface area contributed by atoms with Gasteiger partial charge >= 0.3 is 0 Å². The Morgan fingerprint density at radius 3 is 3.09 bits per heavy atom. The van der Waals surface area contributed by atoms with Crippen molar-refractivity contribution in [3.05, 3.63) is 40.3 Å². The molecule has 1 N–H and O–H groups in total. The molecule has 1 saturated carbocycles. The van der Waals surface area contributed by atoms with Gasteiger partial charge in [0.15, 0.2) is 0 Å². The van der Waals surface area contributed by atoms with Crippen LogP contribution in [-0.4, -0.2) is 33.7 Å². The topological polar surface area (TPSA) is 50.2 Å². The van der Waals surface area contributed by atoms with Gasteiger partial charge in [0.25, 0.3) is 0 Å². The Bertz CT molecular complexity index is 662. The third-order valence-electron chi connectivity index (χ3n) is 4.66. The van der Waals surface area contributed by atoms with E-state index in [0.717, 1.165) is 45.4 Å². The van der Waals surface area contributed by atoms with Gasteiger partial charge in [-0.2, -0.15) is 16.4 Å². The van der Waals surface area contributed by atoms with Crippen molar-refractivity contribution >= 4 is 17.2 Å². The van der Waals surface area contributed by atoms with Gasteiger partial charge in [-0.05, 0) is 47.7 Å². The zero-order valence-electron chi connectivity index (χ0n) is 13.1. The number of nitrogens with one attached hydrogen (secondary N) is 1. The van der Waals surface area contributed by atoms with Gasteiger partial charge in [0.1, 0.15) is 0 Å². The molecule has 122 valence electrons. The largest absolute Gasteiger partial charge is 0.356 e. The van der Waals surface area contributed by atoms with Crippen molar-refractivity contribution in [1.82, 2.24) is 20.0 Å². The first-order valence-electron chi connectivity index (χ1n) is 8.33. The Balaban J connectivity index is 1.37. The van der Waals surface area contributed by atoms with Crippen molar-refractivity contribution in [3.63, 3.8) is 0 Å². The molecule has 1 aliphatic carbocycles. The molecule has 2 aliphatic rings. The van der Waals surface area contributed by atoms with E-state index in [1.807, 2.05) is 6.20 Å². The van der Waals surface area contributed by atoms with Gasteiger partial charge in [-0.1, -0.05) is 0 Å². The number of carbonyl (C=O) groups is 1. The Morgan fingerprint density at radius 2 is 2.30 bits per heavy atom. The molecule has 0 radical (unpaired) electrons. The van der Waals surface area contributed by atoms with E-state index in [9.17, 15) is 4.79 Å². The molecule has 23 heavy (non-hydrogen) atoms. The second-order valence-electron chi connectivity index (χ2n) is 6.58. The van der Waals surface area contributed by atoms with Gasteiger partial charge in [-0.3, -0.25) is 14.4 Å². The molecule has 0 unspecified atom stereocenters. The van der Waals surface area contributed by atoms with E-state index in [0.29, 0.717) is 6.04 Å². The lowest BCUT2D eigenvalue weighted by atomic mass is 10.1. The minimum absolute atomic E-state index is 0.233. The number of thiophene rings is 1. The minimum atomic E-state index is 0.233. The van der Waals surface area contributed by atoms with Crippen LogP contribution in [0.5, 0.6) is 0 Å². The summed E-state index contributed by atoms with van der Waals surface area (Å²) in [5, 5.41) is 11.9. The Kier molecular flexibility index (Phi) is 4.18. The monoisotopic (exact) mass is 330 g/mol. The number of aromatic nitrogens is 2. The Labute approximate surface area is 140 Å². The Morgan fingerprint density at radius 1 is 1.39 bits per heavy atom. The van der Waals surface area contributed by atoms with Gasteiger partial charge in [0, 0.05) is 38.3 Å². The van der Waals surface area contributed by atoms with Crippen LogP contribution in [0.4, 0.5) is 0 Å². The van der Waals surface area contributed by atoms with Gasteiger partial charge < -0.3 is 5.32 Å². The summed E-state index contributed by atoms with van der Waals surface area (Å²) in [6.07, 6.45) is 4.95. The predicted molar refractivity (Wildman–Crippen MR) is 90.0 cm³/mol. The van der Waals surface area contributed by atoms with Crippen molar-refractivity contribution in [2.45, 2.75) is 38.4 Å². The van der Waals surface area contributed by atoms with E-state index < -0.39 is 0 Å². The molecule has 5 nitrogen and oxygen atoms in total. The second-order valence-corrected chi connectivity index (χ2v) is 7.36. The van der Waals surface area contributed by atoms with Crippen LogP contribution in [0.15, 0.2) is 29.1 Å². The van der Waals surface area contributed by atoms with E-state index in [2.05, 4.69) is 42.9 Å². The summed E-state index contributed by atoms with van der Waals surface area (Å²) in [7, 11) is 0. The number of nitrogens with zero attached hydrogens (tertiary/aromatic N) is 3. The van der Waals surface area contributed by atoms with Crippen molar-refractivity contribution in [1.29, 1.82) is 0 Å². The SMILES string of the molecule is O=C(NCC[C@H]1CN(Cc2ccsc2)Cc2ccnn21)C1CC1. The minimum Gasteiger partial charge on any atom is -0.356 e. The highest BCUT2D eigenvalue weighted by molar-refractivity contribution is 7.07. The normalized spacial score (nSPS) is 21.1. The molecule has 3 heterocycles. The van der Waals surface area contributed by atoms with Crippen molar-refractivity contribution in [2.24, 2.45) is 5.92 Å². The lowest BCUT2D eigenvalue weighted by molar-refractivity contribution is -0.122. The Hall–Kier alpha value is -1.66. The first-order valence-corrected chi connectivity index (χ1v) is 9.27. The maximum Gasteiger partial charge on any atom is 0.223 e. The fourth-order valence-corrected chi connectivity index (χ4v) is 3.95. The van der Waals surface area contributed by atoms with E-state index in [-0.39, 0.29) is 11.8 Å². The van der Waals surface area contributed by atoms with Crippen LogP contribution in [0.2, 0.25) is 0 Å². The number of amides is 1. The number of carbonyl (C=O) groups excluding carboxylic acids is 1. The number of rotatable bonds is 6. The van der Waals surface area contributed by atoms with Crippen molar-refractivity contribution in [3.8, 4) is 0 Å². The maximum absolute atomic E-state index is 11.8. The fourth-order valence-electron chi connectivity index (χ4n) is 3.29. The molecule has 0 aromatic carbocycles. The van der Waals surface area contributed by atoms with E-state index in [1.54, 1.807) is 11.3 Å². The molecular formula is C17H22N4OS. The summed E-state index contributed by atoms with van der Waals surface area (Å²) in [6, 6.07) is 4.64. The van der Waals surface area contributed by atoms with Crippen LogP contribution >= 0.6 is 11.3 Å². The molecule has 1 fully saturated rings. The third kappa shape index (κ3) is 3.48. The van der Waals surface area contributed by atoms with Gasteiger partial charge in [0.2, 0.25) is 5.91 Å². The first kappa shape index (κ1) is 14.9. The molecule has 0 bridgehead atoms. The molecule has 1 amide bonds. The quantitative estimate of drug-likeness (QED) is 0.885. The molecule has 6 heteroatoms. The highest BCUT2D eigenvalue weighted by atomic mass is 32.1. The summed E-state index contributed by atoms with van der Waals surface area (Å²) in [5.74, 6) is 0.522. The number of hydrogen-bond acceptors (Lipinski definition) is 4. The molecular weight excluding hydrogens is 308 g/mol. The third-order valence-corrected chi connectivity index (χ3v) is 5.40. The lowest BCUT2D eigenvalue weighted by Crippen LogP contribution is -2.39. The fraction of sp³-hybridized carbons (Fsp3) is 0.529. The maximum atomic E-state index is 11.8. The molecule has 1 atom stereocenters. The second kappa shape index (κ2) is 6.45. The summed E-state index contributed by atoms with van der Waals surface area (Å²) >= 11 is 1.75. The smallest absolute Gasteiger partial charge is 0.223 e. The predicted octanol–water partition coefficient (Wildman–Crippen LogP) is 2.42. The molecule has 4 rings (SSSR count). The standard InChI is InChI=1S/C17H22N4OS/c22-17(14-1-2-14)18-6-3-15-10-20(9-13-5-8-23-12-13)11-16-4-7-19-21(15)16/h4-5,7-8,12,14-15H,1-3,6,9-11H2,(H,18,22)/t15-/m0/s1. The van der Waals surface area contributed by atoms with Crippen LogP contribution in [0.1, 0.15) is 36.6 Å². The van der Waals surface area contributed by atoms with Gasteiger partial charge in [0.05, 0.1) is 11.7 Å². The number of fused-ring (bicyclic) bond motifs is 1. The molecule has 0 spiro atoms. The highest BCUT2D eigenvalue weighted by Crippen LogP contribution is 2.29. The molecule has 0 saturated heterocycles. The molecule has 2 aromatic heterocycles. The number of hydrogen-bond donors (Lipinski definition) is 1. The lowest BCUT2D eigenvalue weighted by Gasteiger charge is -2.33. The summed E-state index contributed by atoms with van der Waals surface area (Å²) in [6.45, 7) is 3.66. The van der Waals surface area contributed by atoms with Crippen LogP contribution in [-0.2, 0) is 17.9 Å². The molecule has 2 aromatic rings. The van der Waals surface area contributed by atoms with E-state index in [4.69, 9.17) is 0 Å². The van der Waals surface area contributed by atoms with Gasteiger partial charge in [-0.15, -0.1) is 0 Å². The molecule has 1 aliphatic heterocycles. The van der Waals surface area contributed by atoms with Crippen LogP contribution in [0.25, 0.3) is 0 Å². The van der Waals surface area contributed by atoms with E-state index >= 15 is 0 Å². The average molecular weight is 330 g/mol. The summed E-state index contributed by atoms with van der Waals surface area (Å²) < 4.78 is 2.15. The van der Waals surface area contributed by atoms with Gasteiger partial charge in [-0.25, -0.2) is 0 Å². The first-order chi connectivity index (χ1) is 11.3. The van der Waals surface area contributed by atoms with Crippen LogP contribution < -0.4 is 5.32 Å². The van der Waals surface area contributed by atoms with Crippen LogP contribution in [0, 0.1) is 5.92 Å². The van der Waals surface area contributed by atoms with Crippen molar-refractivity contribution in [2.75, 3.05) is 13.1 Å². The van der Waals surface area contributed by atoms with Crippen LogP contribution in [0.3, 0.4) is 0 Å². The summed E-state index contributed by atoms with van der Waals surface area (Å²) in [5.41, 5.74) is 2.65. The zero-order chi connectivity index (χ0) is 15.6. The van der Waals surface area contributed by atoms with Crippen molar-refractivity contribution < 1.29 is 4.79 Å². The van der Waals surface area contributed by atoms with E-state index in [1.165, 1.54) is 11.3 Å².